The molecule has 1 fully saturated rings. The van der Waals surface area contributed by atoms with Crippen molar-refractivity contribution < 1.29 is 14.6 Å². The molecule has 0 saturated heterocycles. The van der Waals surface area contributed by atoms with E-state index in [0.717, 1.165) is 28.1 Å². The molecule has 0 spiro atoms. The van der Waals surface area contributed by atoms with E-state index in [0.29, 0.717) is 5.92 Å². The van der Waals surface area contributed by atoms with Crippen molar-refractivity contribution in [3.63, 3.8) is 0 Å². The van der Waals surface area contributed by atoms with Crippen molar-refractivity contribution in [3.8, 4) is 11.5 Å². The average Bonchev–Trinajstić information content (AvgIpc) is 3.19. The molecule has 1 saturated carbocycles. The fourth-order valence-corrected chi connectivity index (χ4v) is 2.60. The molecule has 1 aliphatic carbocycles. The van der Waals surface area contributed by atoms with E-state index < -0.39 is 0 Å². The largest absolute Gasteiger partial charge is 0.493 e. The Morgan fingerprint density at radius 1 is 1.44 bits per heavy atom. The van der Waals surface area contributed by atoms with Gasteiger partial charge >= 0.3 is 0 Å². The van der Waals surface area contributed by atoms with Gasteiger partial charge in [-0.1, -0.05) is 22.9 Å². The first-order valence-corrected chi connectivity index (χ1v) is 7.06. The van der Waals surface area contributed by atoms with Gasteiger partial charge in [0.25, 0.3) is 0 Å². The van der Waals surface area contributed by atoms with Crippen molar-refractivity contribution in [2.75, 3.05) is 20.3 Å². The van der Waals surface area contributed by atoms with Crippen molar-refractivity contribution in [3.05, 3.63) is 22.2 Å². The van der Waals surface area contributed by atoms with E-state index in [2.05, 4.69) is 15.9 Å². The molecule has 4 heteroatoms. The third-order valence-electron chi connectivity index (χ3n) is 3.25. The summed E-state index contributed by atoms with van der Waals surface area (Å²) >= 11 is 3.53. The minimum absolute atomic E-state index is 0.0173. The summed E-state index contributed by atoms with van der Waals surface area (Å²) in [4.78, 5) is 0. The summed E-state index contributed by atoms with van der Waals surface area (Å²) in [5.74, 6) is 2.20. The van der Waals surface area contributed by atoms with Crippen LogP contribution < -0.4 is 9.47 Å². The van der Waals surface area contributed by atoms with Crippen LogP contribution in [0.2, 0.25) is 0 Å². The van der Waals surface area contributed by atoms with E-state index in [4.69, 9.17) is 9.47 Å². The predicted molar refractivity (Wildman–Crippen MR) is 74.4 cm³/mol. The lowest BCUT2D eigenvalue weighted by atomic mass is 10.0. The van der Waals surface area contributed by atoms with Gasteiger partial charge in [0, 0.05) is 22.6 Å². The van der Waals surface area contributed by atoms with E-state index in [1.165, 1.54) is 12.8 Å². The van der Waals surface area contributed by atoms with Crippen LogP contribution in [0.3, 0.4) is 0 Å². The molecule has 0 amide bonds. The number of halogens is 1. The Labute approximate surface area is 116 Å². The van der Waals surface area contributed by atoms with Crippen LogP contribution in [0.5, 0.6) is 11.5 Å². The molecule has 1 N–H and O–H groups in total. The maximum Gasteiger partial charge on any atom is 0.165 e. The molecule has 2 rings (SSSR count). The number of rotatable bonds is 6. The Kier molecular flexibility index (Phi) is 4.51. The second-order valence-electron chi connectivity index (χ2n) is 4.83. The first-order chi connectivity index (χ1) is 8.67. The van der Waals surface area contributed by atoms with E-state index in [-0.39, 0.29) is 12.5 Å². The van der Waals surface area contributed by atoms with E-state index in [1.807, 2.05) is 19.1 Å². The molecule has 0 bridgehead atoms. The standard InChI is InChI=1S/C14H19BrO3/c1-9(7-16)13-11(15)5-6-12(17-2)14(13)18-8-10-3-4-10/h5-6,9-10,16H,3-4,7-8H2,1-2H3. The smallest absolute Gasteiger partial charge is 0.165 e. The molecular formula is C14H19BrO3. The minimum atomic E-state index is 0.0173. The number of hydrogen-bond donors (Lipinski definition) is 1. The number of aliphatic hydroxyl groups is 1. The first kappa shape index (κ1) is 13.7. The quantitative estimate of drug-likeness (QED) is 0.875. The summed E-state index contributed by atoms with van der Waals surface area (Å²) in [6.45, 7) is 2.80. The zero-order chi connectivity index (χ0) is 13.1. The Bertz CT molecular complexity index is 416. The molecule has 0 radical (unpaired) electrons. The fraction of sp³-hybridized carbons (Fsp3) is 0.571. The van der Waals surface area contributed by atoms with Crippen LogP contribution in [0.1, 0.15) is 31.2 Å². The van der Waals surface area contributed by atoms with E-state index >= 15 is 0 Å². The summed E-state index contributed by atoms with van der Waals surface area (Å²) in [6, 6.07) is 3.82. The van der Waals surface area contributed by atoms with Gasteiger partial charge in [-0.25, -0.2) is 0 Å². The molecule has 100 valence electrons. The van der Waals surface area contributed by atoms with E-state index in [9.17, 15) is 5.11 Å². The van der Waals surface area contributed by atoms with Gasteiger partial charge in [-0.2, -0.15) is 0 Å². The van der Waals surface area contributed by atoms with Crippen molar-refractivity contribution >= 4 is 15.9 Å². The highest BCUT2D eigenvalue weighted by atomic mass is 79.9. The molecule has 1 atom stereocenters. The Morgan fingerprint density at radius 2 is 2.17 bits per heavy atom. The molecular weight excluding hydrogens is 296 g/mol. The zero-order valence-corrected chi connectivity index (χ0v) is 12.4. The van der Waals surface area contributed by atoms with Crippen LogP contribution in [-0.4, -0.2) is 25.4 Å². The summed E-state index contributed by atoms with van der Waals surface area (Å²) in [5.41, 5.74) is 0.984. The van der Waals surface area contributed by atoms with Crippen molar-refractivity contribution in [2.45, 2.75) is 25.7 Å². The second-order valence-corrected chi connectivity index (χ2v) is 5.68. The Balaban J connectivity index is 2.32. The minimum Gasteiger partial charge on any atom is -0.493 e. The summed E-state index contributed by atoms with van der Waals surface area (Å²) in [5, 5.41) is 9.37. The third kappa shape index (κ3) is 2.98. The highest BCUT2D eigenvalue weighted by Crippen LogP contribution is 2.41. The van der Waals surface area contributed by atoms with Crippen LogP contribution in [0, 0.1) is 5.92 Å². The highest BCUT2D eigenvalue weighted by molar-refractivity contribution is 9.10. The fourth-order valence-electron chi connectivity index (χ4n) is 1.90. The molecule has 1 aromatic rings. The van der Waals surface area contributed by atoms with Crippen molar-refractivity contribution in [1.29, 1.82) is 0 Å². The van der Waals surface area contributed by atoms with Gasteiger partial charge < -0.3 is 14.6 Å². The van der Waals surface area contributed by atoms with Gasteiger partial charge in [-0.3, -0.25) is 0 Å². The lowest BCUT2D eigenvalue weighted by molar-refractivity contribution is 0.254. The van der Waals surface area contributed by atoms with Crippen LogP contribution in [0.4, 0.5) is 0 Å². The molecule has 1 unspecified atom stereocenters. The predicted octanol–water partition coefficient (Wildman–Crippen LogP) is 3.34. The molecule has 3 nitrogen and oxygen atoms in total. The van der Waals surface area contributed by atoms with Crippen molar-refractivity contribution in [1.82, 2.24) is 0 Å². The molecule has 18 heavy (non-hydrogen) atoms. The molecule has 0 aromatic heterocycles. The number of ether oxygens (including phenoxy) is 2. The third-order valence-corrected chi connectivity index (χ3v) is 3.95. The normalized spacial score (nSPS) is 16.4. The van der Waals surface area contributed by atoms with Crippen LogP contribution >= 0.6 is 15.9 Å². The van der Waals surface area contributed by atoms with Gasteiger partial charge in [0.2, 0.25) is 0 Å². The highest BCUT2D eigenvalue weighted by Gasteiger charge is 2.25. The number of benzene rings is 1. The molecule has 0 heterocycles. The maximum absolute atomic E-state index is 9.37. The lowest BCUT2D eigenvalue weighted by Crippen LogP contribution is -2.08. The van der Waals surface area contributed by atoms with Crippen LogP contribution in [0.25, 0.3) is 0 Å². The Morgan fingerprint density at radius 3 is 2.72 bits per heavy atom. The first-order valence-electron chi connectivity index (χ1n) is 6.27. The molecule has 0 aliphatic heterocycles. The van der Waals surface area contributed by atoms with Gasteiger partial charge in [0.1, 0.15) is 0 Å². The molecule has 1 aromatic carbocycles. The van der Waals surface area contributed by atoms with Gasteiger partial charge in [-0.15, -0.1) is 0 Å². The summed E-state index contributed by atoms with van der Waals surface area (Å²) in [7, 11) is 1.64. The second kappa shape index (κ2) is 5.93. The summed E-state index contributed by atoms with van der Waals surface area (Å²) < 4.78 is 12.2. The monoisotopic (exact) mass is 314 g/mol. The lowest BCUT2D eigenvalue weighted by Gasteiger charge is -2.19. The molecule has 1 aliphatic rings. The SMILES string of the molecule is COc1ccc(Br)c(C(C)CO)c1OCC1CC1. The maximum atomic E-state index is 9.37. The number of aliphatic hydroxyl groups excluding tert-OH is 1. The average molecular weight is 315 g/mol. The van der Waals surface area contributed by atoms with Gasteiger partial charge in [0.05, 0.1) is 13.7 Å². The number of methoxy groups -OCH3 is 1. The Hall–Kier alpha value is -0.740. The van der Waals surface area contributed by atoms with E-state index in [1.54, 1.807) is 7.11 Å². The van der Waals surface area contributed by atoms with Crippen LogP contribution in [0.15, 0.2) is 16.6 Å². The summed E-state index contributed by atoms with van der Waals surface area (Å²) in [6.07, 6.45) is 2.50. The number of hydrogen-bond acceptors (Lipinski definition) is 3. The van der Waals surface area contributed by atoms with Crippen molar-refractivity contribution in [2.24, 2.45) is 5.92 Å². The van der Waals surface area contributed by atoms with Gasteiger partial charge in [-0.05, 0) is 30.9 Å². The van der Waals surface area contributed by atoms with Crippen LogP contribution in [-0.2, 0) is 0 Å². The van der Waals surface area contributed by atoms with Gasteiger partial charge in [0.15, 0.2) is 11.5 Å². The zero-order valence-electron chi connectivity index (χ0n) is 10.8. The topological polar surface area (TPSA) is 38.7 Å².